The molecule has 0 atom stereocenters. The maximum Gasteiger partial charge on any atom is 0.261 e. The molecule has 5 heteroatoms. The van der Waals surface area contributed by atoms with E-state index in [2.05, 4.69) is 0 Å². The summed E-state index contributed by atoms with van der Waals surface area (Å²) in [5.41, 5.74) is 8.75. The van der Waals surface area contributed by atoms with Crippen molar-refractivity contribution in [2.45, 2.75) is 6.42 Å². The second kappa shape index (κ2) is 5.70. The molecule has 2 heterocycles. The highest BCUT2D eigenvalue weighted by Gasteiger charge is 2.32. The van der Waals surface area contributed by atoms with Gasteiger partial charge in [-0.15, -0.1) is 0 Å². The monoisotopic (exact) mass is 332 g/mol. The Labute approximate surface area is 145 Å². The fraction of sp³-hybridized carbons (Fsp3) is 0.150. The lowest BCUT2D eigenvalue weighted by Gasteiger charge is -2.27. The minimum atomic E-state index is -0.254. The SMILES string of the molecule is C[n+]1ccc(CCN2C(=O)c3cccc4c(N)ccc(c34)C2=O)cc1. The Morgan fingerprint density at radius 3 is 2.36 bits per heavy atom. The van der Waals surface area contributed by atoms with Crippen LogP contribution in [-0.4, -0.2) is 23.3 Å². The topological polar surface area (TPSA) is 67.3 Å². The van der Waals surface area contributed by atoms with Crippen molar-refractivity contribution in [2.75, 3.05) is 12.3 Å². The molecule has 0 unspecified atom stereocenters. The molecular formula is C20H18N3O2+. The first-order valence-electron chi connectivity index (χ1n) is 8.18. The van der Waals surface area contributed by atoms with Gasteiger partial charge in [-0.05, 0) is 30.2 Å². The molecule has 25 heavy (non-hydrogen) atoms. The predicted octanol–water partition coefficient (Wildman–Crippen LogP) is 2.09. The van der Waals surface area contributed by atoms with E-state index in [1.165, 1.54) is 4.90 Å². The molecule has 0 fully saturated rings. The lowest BCUT2D eigenvalue weighted by molar-refractivity contribution is -0.671. The predicted molar refractivity (Wildman–Crippen MR) is 95.0 cm³/mol. The van der Waals surface area contributed by atoms with Crippen molar-refractivity contribution in [3.05, 3.63) is 71.5 Å². The molecule has 0 saturated carbocycles. The van der Waals surface area contributed by atoms with Gasteiger partial charge in [0.25, 0.3) is 11.8 Å². The molecular weight excluding hydrogens is 314 g/mol. The molecule has 1 aromatic heterocycles. The van der Waals surface area contributed by atoms with E-state index in [0.29, 0.717) is 35.2 Å². The van der Waals surface area contributed by atoms with Crippen LogP contribution in [0.15, 0.2) is 54.9 Å². The Morgan fingerprint density at radius 1 is 0.960 bits per heavy atom. The minimum absolute atomic E-state index is 0.254. The van der Waals surface area contributed by atoms with Gasteiger partial charge < -0.3 is 5.73 Å². The number of nitrogens with two attached hydrogens (primary N) is 1. The van der Waals surface area contributed by atoms with E-state index >= 15 is 0 Å². The zero-order valence-electron chi connectivity index (χ0n) is 13.9. The van der Waals surface area contributed by atoms with E-state index in [1.54, 1.807) is 24.3 Å². The Kier molecular flexibility index (Phi) is 3.50. The van der Waals surface area contributed by atoms with Gasteiger partial charge in [-0.3, -0.25) is 14.5 Å². The zero-order valence-corrected chi connectivity index (χ0v) is 13.9. The summed E-state index contributed by atoms with van der Waals surface area (Å²) in [7, 11) is 1.95. The summed E-state index contributed by atoms with van der Waals surface area (Å²) in [5.74, 6) is -0.509. The minimum Gasteiger partial charge on any atom is -0.398 e. The maximum absolute atomic E-state index is 12.9. The third-order valence-electron chi connectivity index (χ3n) is 4.70. The van der Waals surface area contributed by atoms with Gasteiger partial charge in [0.1, 0.15) is 7.05 Å². The summed E-state index contributed by atoms with van der Waals surface area (Å²) in [5, 5.41) is 1.42. The molecule has 2 N–H and O–H groups in total. The molecule has 1 aliphatic heterocycles. The van der Waals surface area contributed by atoms with Gasteiger partial charge in [-0.2, -0.15) is 0 Å². The van der Waals surface area contributed by atoms with Crippen molar-refractivity contribution >= 4 is 28.3 Å². The van der Waals surface area contributed by atoms with E-state index in [1.807, 2.05) is 42.2 Å². The number of anilines is 1. The van der Waals surface area contributed by atoms with Gasteiger partial charge in [0, 0.05) is 46.3 Å². The van der Waals surface area contributed by atoms with Crippen LogP contribution in [0.4, 0.5) is 5.69 Å². The van der Waals surface area contributed by atoms with Gasteiger partial charge in [0.05, 0.1) is 0 Å². The van der Waals surface area contributed by atoms with Crippen LogP contribution in [0.25, 0.3) is 10.8 Å². The molecule has 2 amide bonds. The van der Waals surface area contributed by atoms with Gasteiger partial charge in [0.2, 0.25) is 0 Å². The van der Waals surface area contributed by atoms with E-state index in [0.717, 1.165) is 10.9 Å². The molecule has 0 aliphatic carbocycles. The van der Waals surface area contributed by atoms with Crippen molar-refractivity contribution in [3.8, 4) is 0 Å². The standard InChI is InChI=1S/C20H17N3O2/c1-22-10-7-13(8-11-22)9-12-23-19(24)15-4-2-3-14-17(21)6-5-16(18(14)15)20(23)25/h2-8,10-11H,9,12H2,1H3,(H-,21,24,25)/p+1. The van der Waals surface area contributed by atoms with E-state index in [-0.39, 0.29) is 11.8 Å². The van der Waals surface area contributed by atoms with E-state index in [4.69, 9.17) is 5.73 Å². The third kappa shape index (κ3) is 2.45. The average molecular weight is 332 g/mol. The molecule has 0 spiro atoms. The second-order valence-corrected chi connectivity index (χ2v) is 6.31. The van der Waals surface area contributed by atoms with Crippen molar-refractivity contribution in [1.29, 1.82) is 0 Å². The number of pyridine rings is 1. The molecule has 1 aliphatic rings. The largest absolute Gasteiger partial charge is 0.398 e. The van der Waals surface area contributed by atoms with Crippen molar-refractivity contribution in [3.63, 3.8) is 0 Å². The number of hydrogen-bond donors (Lipinski definition) is 1. The smallest absolute Gasteiger partial charge is 0.261 e. The lowest BCUT2D eigenvalue weighted by atomic mass is 9.93. The number of nitrogen functional groups attached to an aromatic ring is 1. The van der Waals surface area contributed by atoms with Crippen molar-refractivity contribution in [2.24, 2.45) is 7.05 Å². The fourth-order valence-electron chi connectivity index (χ4n) is 3.31. The summed E-state index contributed by atoms with van der Waals surface area (Å²) in [6.45, 7) is 0.353. The summed E-state index contributed by atoms with van der Waals surface area (Å²) >= 11 is 0. The van der Waals surface area contributed by atoms with Gasteiger partial charge in [0.15, 0.2) is 12.4 Å². The van der Waals surface area contributed by atoms with Gasteiger partial charge >= 0.3 is 0 Å². The average Bonchev–Trinajstić information content (AvgIpc) is 2.62. The first-order chi connectivity index (χ1) is 12.1. The van der Waals surface area contributed by atoms with Crippen LogP contribution in [-0.2, 0) is 13.5 Å². The van der Waals surface area contributed by atoms with Crippen LogP contribution in [0.1, 0.15) is 26.3 Å². The highest BCUT2D eigenvalue weighted by Crippen LogP contribution is 2.33. The molecule has 3 aromatic rings. The quantitative estimate of drug-likeness (QED) is 0.454. The Balaban J connectivity index is 1.70. The van der Waals surface area contributed by atoms with Crippen LogP contribution in [0.5, 0.6) is 0 Å². The van der Waals surface area contributed by atoms with Crippen LogP contribution in [0, 0.1) is 0 Å². The molecule has 2 aromatic carbocycles. The number of benzene rings is 2. The first kappa shape index (κ1) is 15.3. The van der Waals surface area contributed by atoms with Crippen molar-refractivity contribution in [1.82, 2.24) is 4.90 Å². The number of nitrogens with zero attached hydrogens (tertiary/aromatic N) is 2. The van der Waals surface area contributed by atoms with E-state index in [9.17, 15) is 9.59 Å². The molecule has 0 bridgehead atoms. The maximum atomic E-state index is 12.9. The Bertz CT molecular complexity index is 987. The van der Waals surface area contributed by atoms with Gasteiger partial charge in [-0.1, -0.05) is 12.1 Å². The third-order valence-corrected chi connectivity index (χ3v) is 4.70. The normalized spacial score (nSPS) is 13.6. The van der Waals surface area contributed by atoms with Crippen LogP contribution in [0.3, 0.4) is 0 Å². The van der Waals surface area contributed by atoms with Crippen LogP contribution < -0.4 is 10.3 Å². The number of aryl methyl sites for hydroxylation is 1. The summed E-state index contributed by atoms with van der Waals surface area (Å²) in [6, 6.07) is 12.8. The van der Waals surface area contributed by atoms with Crippen LogP contribution in [0.2, 0.25) is 0 Å². The number of aromatic nitrogens is 1. The highest BCUT2D eigenvalue weighted by molar-refractivity contribution is 6.26. The molecule has 124 valence electrons. The Morgan fingerprint density at radius 2 is 1.64 bits per heavy atom. The number of hydrogen-bond acceptors (Lipinski definition) is 3. The van der Waals surface area contributed by atoms with Crippen LogP contribution >= 0.6 is 0 Å². The molecule has 4 rings (SSSR count). The number of rotatable bonds is 3. The van der Waals surface area contributed by atoms with Gasteiger partial charge in [-0.25, -0.2) is 4.57 Å². The molecule has 0 radical (unpaired) electrons. The summed E-state index contributed by atoms with van der Waals surface area (Å²) < 4.78 is 1.95. The number of carbonyl (C=O) groups is 2. The molecule has 5 nitrogen and oxygen atoms in total. The second-order valence-electron chi connectivity index (χ2n) is 6.31. The highest BCUT2D eigenvalue weighted by atomic mass is 16.2. The zero-order chi connectivity index (χ0) is 17.6. The number of imide groups is 1. The van der Waals surface area contributed by atoms with E-state index < -0.39 is 0 Å². The summed E-state index contributed by atoms with van der Waals surface area (Å²) in [6.07, 6.45) is 4.53. The Hall–Kier alpha value is -3.21. The first-order valence-corrected chi connectivity index (χ1v) is 8.18. The fourth-order valence-corrected chi connectivity index (χ4v) is 3.31. The van der Waals surface area contributed by atoms with Crippen molar-refractivity contribution < 1.29 is 14.2 Å². The number of carbonyl (C=O) groups excluding carboxylic acids is 2. The lowest BCUT2D eigenvalue weighted by Crippen LogP contribution is -2.41. The number of amides is 2. The summed E-state index contributed by atoms with van der Waals surface area (Å²) in [4.78, 5) is 27.1. The molecule has 0 saturated heterocycles.